The average molecular weight is 250 g/mol. The molecule has 0 aromatic rings. The van der Waals surface area contributed by atoms with Gasteiger partial charge >= 0.3 is 0 Å². The van der Waals surface area contributed by atoms with Gasteiger partial charge < -0.3 is 16.4 Å². The van der Waals surface area contributed by atoms with Crippen LogP contribution in [0, 0.1) is 0 Å². The number of piperidine rings is 1. The molecule has 16 heavy (non-hydrogen) atoms. The molecule has 5 nitrogen and oxygen atoms in total. The van der Waals surface area contributed by atoms with Crippen LogP contribution in [0.25, 0.3) is 0 Å². The Kier molecular flexibility index (Phi) is 7.08. The summed E-state index contributed by atoms with van der Waals surface area (Å²) >= 11 is 0. The van der Waals surface area contributed by atoms with Crippen LogP contribution in [0.4, 0.5) is 0 Å². The van der Waals surface area contributed by atoms with Gasteiger partial charge in [-0.15, -0.1) is 12.4 Å². The number of rotatable bonds is 4. The second kappa shape index (κ2) is 7.46. The molecule has 0 spiro atoms. The molecule has 1 atom stereocenters. The minimum atomic E-state index is -0.399. The summed E-state index contributed by atoms with van der Waals surface area (Å²) in [6.45, 7) is 1.15. The fraction of sp³-hybridized carbons (Fsp3) is 0.800. The molecule has 2 amide bonds. The summed E-state index contributed by atoms with van der Waals surface area (Å²) in [5.74, 6) is -0.389. The van der Waals surface area contributed by atoms with Gasteiger partial charge in [-0.2, -0.15) is 0 Å². The fourth-order valence-electron chi connectivity index (χ4n) is 1.92. The summed E-state index contributed by atoms with van der Waals surface area (Å²) in [5, 5.41) is 0. The van der Waals surface area contributed by atoms with E-state index in [4.69, 9.17) is 11.5 Å². The largest absolute Gasteiger partial charge is 0.368 e. The van der Waals surface area contributed by atoms with E-state index in [0.29, 0.717) is 32.4 Å². The summed E-state index contributed by atoms with van der Waals surface area (Å²) in [4.78, 5) is 24.5. The lowest BCUT2D eigenvalue weighted by molar-refractivity contribution is -0.141. The lowest BCUT2D eigenvalue weighted by Crippen LogP contribution is -2.50. The number of primary amides is 1. The van der Waals surface area contributed by atoms with Crippen LogP contribution >= 0.6 is 12.4 Å². The van der Waals surface area contributed by atoms with E-state index in [1.165, 1.54) is 0 Å². The van der Waals surface area contributed by atoms with Gasteiger partial charge in [0, 0.05) is 13.0 Å². The molecule has 1 unspecified atom stereocenters. The molecular weight excluding hydrogens is 230 g/mol. The minimum absolute atomic E-state index is 0. The smallest absolute Gasteiger partial charge is 0.240 e. The molecule has 6 heteroatoms. The quantitative estimate of drug-likeness (QED) is 0.736. The van der Waals surface area contributed by atoms with Crippen LogP contribution in [0.15, 0.2) is 0 Å². The molecule has 94 valence electrons. The first kappa shape index (κ1) is 15.2. The van der Waals surface area contributed by atoms with E-state index < -0.39 is 11.9 Å². The lowest BCUT2D eigenvalue weighted by Gasteiger charge is -2.33. The van der Waals surface area contributed by atoms with Crippen molar-refractivity contribution in [3.63, 3.8) is 0 Å². The van der Waals surface area contributed by atoms with Crippen molar-refractivity contribution in [1.29, 1.82) is 0 Å². The number of hydrogen-bond acceptors (Lipinski definition) is 3. The Morgan fingerprint density at radius 3 is 2.56 bits per heavy atom. The van der Waals surface area contributed by atoms with E-state index in [2.05, 4.69) is 0 Å². The van der Waals surface area contributed by atoms with Gasteiger partial charge in [-0.1, -0.05) is 0 Å². The molecule has 1 aliphatic heterocycles. The molecule has 0 radical (unpaired) electrons. The highest BCUT2D eigenvalue weighted by Crippen LogP contribution is 2.17. The van der Waals surface area contributed by atoms with E-state index in [0.717, 1.165) is 12.8 Å². The van der Waals surface area contributed by atoms with Crippen LogP contribution in [-0.2, 0) is 9.59 Å². The van der Waals surface area contributed by atoms with E-state index in [-0.39, 0.29) is 18.3 Å². The normalized spacial score (nSPS) is 20.1. The monoisotopic (exact) mass is 249 g/mol. The van der Waals surface area contributed by atoms with Crippen molar-refractivity contribution in [1.82, 2.24) is 4.90 Å². The Bertz CT molecular complexity index is 248. The van der Waals surface area contributed by atoms with Gasteiger partial charge in [-0.05, 0) is 32.2 Å². The first-order valence-corrected chi connectivity index (χ1v) is 5.45. The van der Waals surface area contributed by atoms with Crippen LogP contribution in [0.1, 0.15) is 32.1 Å². The second-order valence-corrected chi connectivity index (χ2v) is 3.89. The van der Waals surface area contributed by atoms with Gasteiger partial charge in [0.05, 0.1) is 0 Å². The van der Waals surface area contributed by atoms with Crippen molar-refractivity contribution in [3.8, 4) is 0 Å². The number of halogens is 1. The standard InChI is InChI=1S/C10H19N3O2.ClH/c11-6-3-5-9(14)13-7-2-1-4-8(13)10(12)15;/h8H,1-7,11H2,(H2,12,15);1H. The number of amides is 2. The molecule has 1 rings (SSSR count). The molecular formula is C10H20ClN3O2. The number of nitrogens with two attached hydrogens (primary N) is 2. The van der Waals surface area contributed by atoms with Gasteiger partial charge in [-0.25, -0.2) is 0 Å². The van der Waals surface area contributed by atoms with Crippen LogP contribution in [-0.4, -0.2) is 35.8 Å². The topological polar surface area (TPSA) is 89.4 Å². The maximum Gasteiger partial charge on any atom is 0.240 e. The molecule has 0 aliphatic carbocycles. The van der Waals surface area contributed by atoms with E-state index in [9.17, 15) is 9.59 Å². The van der Waals surface area contributed by atoms with Crippen LogP contribution in [0.2, 0.25) is 0 Å². The van der Waals surface area contributed by atoms with Gasteiger partial charge in [0.1, 0.15) is 6.04 Å². The van der Waals surface area contributed by atoms with Crippen molar-refractivity contribution >= 4 is 24.2 Å². The molecule has 0 aromatic heterocycles. The molecule has 0 bridgehead atoms. The van der Waals surface area contributed by atoms with Crippen molar-refractivity contribution in [3.05, 3.63) is 0 Å². The Labute approximate surface area is 102 Å². The fourth-order valence-corrected chi connectivity index (χ4v) is 1.92. The zero-order valence-corrected chi connectivity index (χ0v) is 10.2. The summed E-state index contributed by atoms with van der Waals surface area (Å²) in [5.41, 5.74) is 10.6. The Morgan fingerprint density at radius 1 is 1.31 bits per heavy atom. The SMILES string of the molecule is Cl.NCCCC(=O)N1CCCCC1C(N)=O. The van der Waals surface area contributed by atoms with Crippen LogP contribution in [0.3, 0.4) is 0 Å². The molecule has 0 saturated carbocycles. The van der Waals surface area contributed by atoms with Crippen molar-refractivity contribution < 1.29 is 9.59 Å². The first-order valence-electron chi connectivity index (χ1n) is 5.45. The van der Waals surface area contributed by atoms with Crippen LogP contribution < -0.4 is 11.5 Å². The maximum atomic E-state index is 11.7. The van der Waals surface area contributed by atoms with Gasteiger partial charge in [0.15, 0.2) is 0 Å². The molecule has 1 saturated heterocycles. The van der Waals surface area contributed by atoms with Crippen molar-refractivity contribution in [2.75, 3.05) is 13.1 Å². The predicted molar refractivity (Wildman–Crippen MR) is 64.1 cm³/mol. The van der Waals surface area contributed by atoms with E-state index in [1.807, 2.05) is 0 Å². The summed E-state index contributed by atoms with van der Waals surface area (Å²) in [7, 11) is 0. The highest BCUT2D eigenvalue weighted by molar-refractivity contribution is 5.86. The lowest BCUT2D eigenvalue weighted by atomic mass is 10.0. The molecule has 0 aromatic carbocycles. The van der Waals surface area contributed by atoms with E-state index in [1.54, 1.807) is 4.90 Å². The second-order valence-electron chi connectivity index (χ2n) is 3.89. The number of likely N-dealkylation sites (tertiary alicyclic amines) is 1. The number of carbonyl (C=O) groups is 2. The maximum absolute atomic E-state index is 11.7. The Balaban J connectivity index is 0.00000225. The number of nitrogens with zero attached hydrogens (tertiary/aromatic N) is 1. The third-order valence-electron chi connectivity index (χ3n) is 2.75. The molecule has 1 heterocycles. The highest BCUT2D eigenvalue weighted by Gasteiger charge is 2.29. The molecule has 1 aliphatic rings. The number of carbonyl (C=O) groups excluding carboxylic acids is 2. The third kappa shape index (κ3) is 3.98. The third-order valence-corrected chi connectivity index (χ3v) is 2.75. The zero-order valence-electron chi connectivity index (χ0n) is 9.35. The molecule has 4 N–H and O–H groups in total. The number of hydrogen-bond donors (Lipinski definition) is 2. The minimum Gasteiger partial charge on any atom is -0.368 e. The molecule has 1 fully saturated rings. The predicted octanol–water partition coefficient (Wildman–Crippen LogP) is 0.0135. The van der Waals surface area contributed by atoms with E-state index >= 15 is 0 Å². The Hall–Kier alpha value is -0.810. The summed E-state index contributed by atoms with van der Waals surface area (Å²) in [6, 6.07) is -0.399. The van der Waals surface area contributed by atoms with Crippen molar-refractivity contribution in [2.24, 2.45) is 11.5 Å². The average Bonchev–Trinajstić information content (AvgIpc) is 2.25. The van der Waals surface area contributed by atoms with Gasteiger partial charge in [0.2, 0.25) is 11.8 Å². The van der Waals surface area contributed by atoms with Crippen LogP contribution in [0.5, 0.6) is 0 Å². The zero-order chi connectivity index (χ0) is 11.3. The highest BCUT2D eigenvalue weighted by atomic mass is 35.5. The summed E-state index contributed by atoms with van der Waals surface area (Å²) < 4.78 is 0. The van der Waals surface area contributed by atoms with Crippen molar-refractivity contribution in [2.45, 2.75) is 38.1 Å². The van der Waals surface area contributed by atoms with Gasteiger partial charge in [0.25, 0.3) is 0 Å². The van der Waals surface area contributed by atoms with Gasteiger partial charge in [-0.3, -0.25) is 9.59 Å². The summed E-state index contributed by atoms with van der Waals surface area (Å²) in [6.07, 6.45) is 3.71. The Morgan fingerprint density at radius 2 is 2.00 bits per heavy atom. The first-order chi connectivity index (χ1) is 7.16.